The van der Waals surface area contributed by atoms with Crippen LogP contribution in [0.4, 0.5) is 0 Å². The van der Waals surface area contributed by atoms with Crippen LogP contribution in [0.25, 0.3) is 21.8 Å². The Morgan fingerprint density at radius 2 is 1.45 bits per heavy atom. The lowest BCUT2D eigenvalue weighted by molar-refractivity contribution is 0.161. The highest BCUT2D eigenvalue weighted by molar-refractivity contribution is 7.89. The van der Waals surface area contributed by atoms with Gasteiger partial charge in [-0.15, -0.1) is 0 Å². The second-order valence-corrected chi connectivity index (χ2v) is 9.39. The molecule has 4 aromatic rings. The van der Waals surface area contributed by atoms with E-state index >= 15 is 0 Å². The van der Waals surface area contributed by atoms with Crippen LogP contribution >= 0.6 is 23.2 Å². The molecule has 0 aliphatic carbocycles. The SMILES string of the molecule is O=S(=O)(NC[C@H](O)Cn1c2ccc(Cl)cc2c2cc(Cl)ccc21)c1ccccc1. The van der Waals surface area contributed by atoms with Gasteiger partial charge in [0.15, 0.2) is 0 Å². The molecule has 0 spiro atoms. The van der Waals surface area contributed by atoms with Crippen LogP contribution in [0.2, 0.25) is 10.0 Å². The number of fused-ring (bicyclic) bond motifs is 3. The fourth-order valence-corrected chi connectivity index (χ4v) is 4.85. The maximum atomic E-state index is 12.4. The predicted octanol–water partition coefficient (Wildman–Crippen LogP) is 4.44. The number of nitrogens with zero attached hydrogens (tertiary/aromatic N) is 1. The van der Waals surface area contributed by atoms with E-state index in [1.165, 1.54) is 12.1 Å². The van der Waals surface area contributed by atoms with Crippen molar-refractivity contribution < 1.29 is 13.5 Å². The van der Waals surface area contributed by atoms with Crippen LogP contribution < -0.4 is 4.72 Å². The molecule has 0 saturated carbocycles. The van der Waals surface area contributed by atoms with E-state index in [1.807, 2.05) is 28.8 Å². The van der Waals surface area contributed by atoms with Gasteiger partial charge in [0.05, 0.1) is 17.5 Å². The lowest BCUT2D eigenvalue weighted by Crippen LogP contribution is -2.34. The lowest BCUT2D eigenvalue weighted by atomic mass is 10.1. The molecule has 0 aliphatic rings. The first-order valence-electron chi connectivity index (χ1n) is 8.95. The first kappa shape index (κ1) is 20.2. The molecule has 4 rings (SSSR count). The van der Waals surface area contributed by atoms with Crippen molar-refractivity contribution in [3.05, 3.63) is 76.8 Å². The average Bonchev–Trinajstić information content (AvgIpc) is 2.99. The molecule has 0 unspecified atom stereocenters. The smallest absolute Gasteiger partial charge is 0.240 e. The maximum absolute atomic E-state index is 12.4. The standard InChI is InChI=1S/C21H18Cl2N2O3S/c22-14-6-8-20-18(10-14)19-11-15(23)7-9-21(19)25(20)13-16(26)12-24-29(27,28)17-4-2-1-3-5-17/h1-11,16,24,26H,12-13H2/t16-/m0/s1. The Morgan fingerprint density at radius 3 is 2.00 bits per heavy atom. The van der Waals surface area contributed by atoms with E-state index in [2.05, 4.69) is 4.72 Å². The van der Waals surface area contributed by atoms with Gasteiger partial charge in [0.2, 0.25) is 10.0 Å². The van der Waals surface area contributed by atoms with Gasteiger partial charge in [-0.25, -0.2) is 13.1 Å². The number of aromatic nitrogens is 1. The molecule has 3 aromatic carbocycles. The fraction of sp³-hybridized carbons (Fsp3) is 0.143. The summed E-state index contributed by atoms with van der Waals surface area (Å²) in [5, 5.41) is 13.6. The predicted molar refractivity (Wildman–Crippen MR) is 117 cm³/mol. The first-order valence-corrected chi connectivity index (χ1v) is 11.2. The number of benzene rings is 3. The molecular formula is C21H18Cl2N2O3S. The van der Waals surface area contributed by atoms with Gasteiger partial charge in [0.1, 0.15) is 0 Å². The minimum Gasteiger partial charge on any atom is -0.390 e. The number of sulfonamides is 1. The van der Waals surface area contributed by atoms with E-state index in [-0.39, 0.29) is 18.0 Å². The van der Waals surface area contributed by atoms with Crippen molar-refractivity contribution in [3.8, 4) is 0 Å². The van der Waals surface area contributed by atoms with E-state index in [9.17, 15) is 13.5 Å². The molecule has 5 nitrogen and oxygen atoms in total. The zero-order chi connectivity index (χ0) is 20.6. The lowest BCUT2D eigenvalue weighted by Gasteiger charge is -2.15. The number of aliphatic hydroxyl groups excluding tert-OH is 1. The molecule has 0 aliphatic heterocycles. The Labute approximate surface area is 178 Å². The minimum atomic E-state index is -3.68. The van der Waals surface area contributed by atoms with Crippen molar-refractivity contribution in [2.45, 2.75) is 17.5 Å². The van der Waals surface area contributed by atoms with E-state index in [0.717, 1.165) is 21.8 Å². The molecule has 1 aromatic heterocycles. The number of nitrogens with one attached hydrogen (secondary N) is 1. The number of aliphatic hydroxyl groups is 1. The summed E-state index contributed by atoms with van der Waals surface area (Å²) in [5.41, 5.74) is 1.77. The summed E-state index contributed by atoms with van der Waals surface area (Å²) in [4.78, 5) is 0.161. The van der Waals surface area contributed by atoms with E-state index in [4.69, 9.17) is 23.2 Å². The van der Waals surface area contributed by atoms with Crippen molar-refractivity contribution in [3.63, 3.8) is 0 Å². The Morgan fingerprint density at radius 1 is 0.897 bits per heavy atom. The highest BCUT2D eigenvalue weighted by atomic mass is 35.5. The minimum absolute atomic E-state index is 0.112. The third kappa shape index (κ3) is 4.13. The van der Waals surface area contributed by atoms with E-state index < -0.39 is 16.1 Å². The number of halogens is 2. The molecule has 0 radical (unpaired) electrons. The summed E-state index contributed by atoms with van der Waals surface area (Å²) in [6.45, 7) is 0.0974. The van der Waals surface area contributed by atoms with Gasteiger partial charge in [-0.3, -0.25) is 0 Å². The zero-order valence-electron chi connectivity index (χ0n) is 15.2. The highest BCUT2D eigenvalue weighted by Gasteiger charge is 2.18. The summed E-state index contributed by atoms with van der Waals surface area (Å²) in [7, 11) is -3.68. The van der Waals surface area contributed by atoms with Crippen LogP contribution in [-0.4, -0.2) is 30.7 Å². The zero-order valence-corrected chi connectivity index (χ0v) is 17.5. The molecule has 0 saturated heterocycles. The summed E-state index contributed by atoms with van der Waals surface area (Å²) < 4.78 is 29.2. The molecule has 0 fully saturated rings. The van der Waals surface area contributed by atoms with Crippen LogP contribution in [0.3, 0.4) is 0 Å². The van der Waals surface area contributed by atoms with Crippen molar-refractivity contribution in [1.82, 2.24) is 9.29 Å². The summed E-state index contributed by atoms with van der Waals surface area (Å²) in [5.74, 6) is 0. The first-order chi connectivity index (χ1) is 13.8. The Bertz CT molecular complexity index is 1230. The molecule has 8 heteroatoms. The molecule has 2 N–H and O–H groups in total. The van der Waals surface area contributed by atoms with Crippen molar-refractivity contribution in [2.75, 3.05) is 6.54 Å². The molecule has 150 valence electrons. The van der Waals surface area contributed by atoms with Gasteiger partial charge in [0, 0.05) is 38.4 Å². The topological polar surface area (TPSA) is 71.3 Å². The monoisotopic (exact) mass is 448 g/mol. The molecule has 1 atom stereocenters. The summed E-state index contributed by atoms with van der Waals surface area (Å²) in [6.07, 6.45) is -0.932. The Hall–Kier alpha value is -2.09. The summed E-state index contributed by atoms with van der Waals surface area (Å²) in [6, 6.07) is 19.1. The van der Waals surface area contributed by atoms with E-state index in [0.29, 0.717) is 10.0 Å². The van der Waals surface area contributed by atoms with Gasteiger partial charge in [-0.2, -0.15) is 0 Å². The van der Waals surface area contributed by atoms with E-state index in [1.54, 1.807) is 30.3 Å². The van der Waals surface area contributed by atoms with Crippen molar-refractivity contribution in [2.24, 2.45) is 0 Å². The second kappa shape index (κ2) is 7.97. The third-order valence-corrected chi connectivity index (χ3v) is 6.65. The quantitative estimate of drug-likeness (QED) is 0.457. The number of rotatable bonds is 6. The highest BCUT2D eigenvalue weighted by Crippen LogP contribution is 2.33. The molecule has 1 heterocycles. The van der Waals surface area contributed by atoms with Crippen LogP contribution in [0, 0.1) is 0 Å². The average molecular weight is 449 g/mol. The Kier molecular flexibility index (Phi) is 5.55. The second-order valence-electron chi connectivity index (χ2n) is 6.75. The normalized spacial score (nSPS) is 13.2. The largest absolute Gasteiger partial charge is 0.390 e. The van der Waals surface area contributed by atoms with Crippen molar-refractivity contribution >= 4 is 55.0 Å². The summed E-state index contributed by atoms with van der Waals surface area (Å²) >= 11 is 12.3. The van der Waals surface area contributed by atoms with Gasteiger partial charge in [-0.1, -0.05) is 41.4 Å². The van der Waals surface area contributed by atoms with Gasteiger partial charge in [-0.05, 0) is 48.5 Å². The van der Waals surface area contributed by atoms with Gasteiger partial charge in [0.25, 0.3) is 0 Å². The van der Waals surface area contributed by atoms with Crippen molar-refractivity contribution in [1.29, 1.82) is 0 Å². The molecule has 0 bridgehead atoms. The molecule has 0 amide bonds. The van der Waals surface area contributed by atoms with Crippen LogP contribution in [0.1, 0.15) is 0 Å². The maximum Gasteiger partial charge on any atom is 0.240 e. The fourth-order valence-electron chi connectivity index (χ4n) is 3.41. The van der Waals surface area contributed by atoms with Crippen LogP contribution in [0.5, 0.6) is 0 Å². The third-order valence-electron chi connectivity index (χ3n) is 4.74. The number of hydrogen-bond acceptors (Lipinski definition) is 3. The molecular weight excluding hydrogens is 431 g/mol. The van der Waals surface area contributed by atoms with Crippen LogP contribution in [-0.2, 0) is 16.6 Å². The van der Waals surface area contributed by atoms with Gasteiger partial charge >= 0.3 is 0 Å². The number of hydrogen-bond donors (Lipinski definition) is 2. The molecule has 29 heavy (non-hydrogen) atoms. The van der Waals surface area contributed by atoms with Crippen LogP contribution in [0.15, 0.2) is 71.6 Å². The van der Waals surface area contributed by atoms with Gasteiger partial charge < -0.3 is 9.67 Å². The Balaban J connectivity index is 1.62.